The van der Waals surface area contributed by atoms with Gasteiger partial charge in [0.25, 0.3) is 0 Å². The van der Waals surface area contributed by atoms with Crippen molar-refractivity contribution in [3.63, 3.8) is 0 Å². The molecule has 0 aliphatic heterocycles. The summed E-state index contributed by atoms with van der Waals surface area (Å²) in [6.45, 7) is 8.71. The van der Waals surface area contributed by atoms with Crippen LogP contribution in [0.1, 0.15) is 22.3 Å². The maximum absolute atomic E-state index is 4.78. The molecule has 0 amide bonds. The Morgan fingerprint density at radius 3 is 0.881 bits per heavy atom. The van der Waals surface area contributed by atoms with Crippen molar-refractivity contribution in [3.05, 3.63) is 314 Å². The van der Waals surface area contributed by atoms with Crippen LogP contribution in [-0.4, -0.2) is 9.97 Å². The first-order valence-electron chi connectivity index (χ1n) is 22.0. The minimum atomic E-state index is 0. The maximum atomic E-state index is 4.78. The minimum Gasteiger partial charge on any atom is -0.461 e. The Morgan fingerprint density at radius 1 is 0.284 bits per heavy atom. The molecule has 0 unspecified atom stereocenters. The third-order valence-electron chi connectivity index (χ3n) is 10.3. The van der Waals surface area contributed by atoms with Crippen molar-refractivity contribution < 1.29 is 26.2 Å². The zero-order chi connectivity index (χ0) is 45.4. The van der Waals surface area contributed by atoms with E-state index in [1.165, 1.54) is 33.4 Å². The van der Waals surface area contributed by atoms with E-state index in [0.29, 0.717) is 13.1 Å². The zero-order valence-corrected chi connectivity index (χ0v) is 40.0. The summed E-state index contributed by atoms with van der Waals surface area (Å²) in [6.07, 6.45) is 0. The van der Waals surface area contributed by atoms with Crippen LogP contribution in [0.25, 0.3) is 55.4 Å². The van der Waals surface area contributed by atoms with Crippen molar-refractivity contribution in [2.75, 3.05) is 0 Å². The van der Waals surface area contributed by atoms with Gasteiger partial charge in [0.2, 0.25) is 0 Å². The third kappa shape index (κ3) is 15.7. The van der Waals surface area contributed by atoms with Gasteiger partial charge in [0.1, 0.15) is 0 Å². The second-order valence-corrected chi connectivity index (χ2v) is 15.2. The van der Waals surface area contributed by atoms with Gasteiger partial charge < -0.3 is 20.6 Å². The summed E-state index contributed by atoms with van der Waals surface area (Å²) >= 11 is 0. The Bertz CT molecular complexity index is 2710. The van der Waals surface area contributed by atoms with E-state index in [0.717, 1.165) is 45.3 Å². The molecular formula is C62H52N4Zr. The molecule has 0 saturated carbocycles. The summed E-state index contributed by atoms with van der Waals surface area (Å²) in [4.78, 5) is 9.56. The van der Waals surface area contributed by atoms with E-state index in [2.05, 4.69) is 146 Å². The molecule has 5 heteroatoms. The molecule has 8 aromatic carbocycles. The van der Waals surface area contributed by atoms with Gasteiger partial charge in [0.15, 0.2) is 0 Å². The molecule has 0 saturated heterocycles. The van der Waals surface area contributed by atoms with Crippen LogP contribution in [-0.2, 0) is 39.3 Å². The molecule has 0 bridgehead atoms. The molecular weight excluding hydrogens is 892 g/mol. The first-order chi connectivity index (χ1) is 32.6. The molecule has 0 aliphatic rings. The molecule has 10 aromatic rings. The Labute approximate surface area is 416 Å². The van der Waals surface area contributed by atoms with Gasteiger partial charge in [-0.05, 0) is 69.0 Å². The molecule has 2 aromatic heterocycles. The van der Waals surface area contributed by atoms with E-state index < -0.39 is 0 Å². The molecule has 2 heterocycles. The van der Waals surface area contributed by atoms with Crippen LogP contribution in [0, 0.1) is 13.8 Å². The number of hydrogen-bond acceptors (Lipinski definition) is 2. The predicted molar refractivity (Wildman–Crippen MR) is 278 cm³/mol. The van der Waals surface area contributed by atoms with Crippen molar-refractivity contribution in [3.8, 4) is 44.8 Å². The Morgan fingerprint density at radius 2 is 0.567 bits per heavy atom. The van der Waals surface area contributed by atoms with Crippen LogP contribution < -0.4 is 0 Å². The van der Waals surface area contributed by atoms with Gasteiger partial charge >= 0.3 is 26.2 Å². The third-order valence-corrected chi connectivity index (χ3v) is 10.3. The van der Waals surface area contributed by atoms with Gasteiger partial charge in [0, 0.05) is 0 Å². The van der Waals surface area contributed by atoms with E-state index in [1.54, 1.807) is 0 Å². The summed E-state index contributed by atoms with van der Waals surface area (Å²) in [5.74, 6) is 1.52. The summed E-state index contributed by atoms with van der Waals surface area (Å²) in [5, 5.41) is 9.31. The van der Waals surface area contributed by atoms with Crippen LogP contribution >= 0.6 is 0 Å². The smallest absolute Gasteiger partial charge is 0.461 e. The minimum absolute atomic E-state index is 0. The number of aromatic nitrogens is 2. The fourth-order valence-corrected chi connectivity index (χ4v) is 6.94. The van der Waals surface area contributed by atoms with Crippen LogP contribution in [0.4, 0.5) is 11.6 Å². The number of benzene rings is 8. The molecule has 0 aliphatic carbocycles. The summed E-state index contributed by atoms with van der Waals surface area (Å²) in [6, 6.07) is 89.9. The molecule has 0 fully saturated rings. The van der Waals surface area contributed by atoms with E-state index in [9.17, 15) is 0 Å². The summed E-state index contributed by atoms with van der Waals surface area (Å²) in [7, 11) is 0. The first-order valence-corrected chi connectivity index (χ1v) is 22.0. The summed E-state index contributed by atoms with van der Waals surface area (Å²) < 4.78 is 0. The van der Waals surface area contributed by atoms with E-state index in [1.807, 2.05) is 146 Å². The van der Waals surface area contributed by atoms with E-state index >= 15 is 0 Å². The largest absolute Gasteiger partial charge is 4.00 e. The average Bonchev–Trinajstić information content (AvgIpc) is 3.40. The number of rotatable bonds is 10. The maximum Gasteiger partial charge on any atom is 4.00 e. The molecule has 324 valence electrons. The fraction of sp³-hybridized carbons (Fsp3) is 0.0323. The zero-order valence-electron chi connectivity index (χ0n) is 37.5. The van der Waals surface area contributed by atoms with Crippen LogP contribution in [0.5, 0.6) is 0 Å². The van der Waals surface area contributed by atoms with Crippen molar-refractivity contribution in [1.82, 2.24) is 9.97 Å². The molecule has 0 atom stereocenters. The number of hydrogen-bond donors (Lipinski definition) is 0. The Hall–Kier alpha value is -7.72. The van der Waals surface area contributed by atoms with Gasteiger partial charge in [-0.2, -0.15) is 49.2 Å². The van der Waals surface area contributed by atoms with Crippen molar-refractivity contribution >= 4 is 11.6 Å². The molecule has 4 nitrogen and oxygen atoms in total. The number of pyridine rings is 2. The standard InChI is InChI=1S/2C24H19N2.2C7H7.Zr/c2*1-3-10-19(11-4-1)18-25-24-17-9-16-23(26-24)22-15-8-7-14-21(22)20-12-5-2-6-13-20;2*1-7-5-3-2-4-6-7;/h2*1-17H,18H2;2*2-6H,1H2;/q4*-1;+4. The Kier molecular flexibility index (Phi) is 19.6. The monoisotopic (exact) mass is 942 g/mol. The first kappa shape index (κ1) is 48.7. The molecule has 0 spiro atoms. The molecule has 0 radical (unpaired) electrons. The second kappa shape index (κ2) is 26.9. The second-order valence-electron chi connectivity index (χ2n) is 15.2. The predicted octanol–water partition coefficient (Wildman–Crippen LogP) is 17.0. The Balaban J connectivity index is 0.000000170. The summed E-state index contributed by atoms with van der Waals surface area (Å²) in [5.41, 5.74) is 13.4. The van der Waals surface area contributed by atoms with Crippen molar-refractivity contribution in [2.45, 2.75) is 13.1 Å². The normalized spacial score (nSPS) is 9.91. The van der Waals surface area contributed by atoms with Gasteiger partial charge in [-0.25, -0.2) is 0 Å². The van der Waals surface area contributed by atoms with Crippen LogP contribution in [0.2, 0.25) is 0 Å². The SMILES string of the molecule is [CH2-]c1ccccc1.[CH2-]c1ccccc1.[Zr+4].c1ccc(C[N-]c2cccc(-c3ccccc3-c3ccccc3)n2)cc1.c1ccc(C[N-]c2cccc(-c3ccccc3-c3ccccc3)n2)cc1. The van der Waals surface area contributed by atoms with E-state index in [4.69, 9.17) is 9.97 Å². The van der Waals surface area contributed by atoms with Crippen molar-refractivity contribution in [2.24, 2.45) is 0 Å². The van der Waals surface area contributed by atoms with Gasteiger partial charge in [-0.1, -0.05) is 230 Å². The van der Waals surface area contributed by atoms with Crippen LogP contribution in [0.3, 0.4) is 0 Å². The van der Waals surface area contributed by atoms with Crippen LogP contribution in [0.15, 0.2) is 267 Å². The quantitative estimate of drug-likeness (QED) is 0.128. The topological polar surface area (TPSA) is 54.0 Å². The molecule has 67 heavy (non-hydrogen) atoms. The van der Waals surface area contributed by atoms with Crippen molar-refractivity contribution in [1.29, 1.82) is 0 Å². The molecule has 0 N–H and O–H groups in total. The molecule has 10 rings (SSSR count). The van der Waals surface area contributed by atoms with Gasteiger partial charge in [0.05, 0.1) is 0 Å². The average molecular weight is 944 g/mol. The van der Waals surface area contributed by atoms with Gasteiger partial charge in [-0.3, -0.25) is 0 Å². The van der Waals surface area contributed by atoms with E-state index in [-0.39, 0.29) is 26.2 Å². The van der Waals surface area contributed by atoms with Gasteiger partial charge in [-0.15, -0.1) is 24.3 Å². The number of nitrogens with zero attached hydrogens (tertiary/aromatic N) is 4. The fourth-order valence-electron chi connectivity index (χ4n) is 6.94.